The predicted molar refractivity (Wildman–Crippen MR) is 89.1 cm³/mol. The summed E-state index contributed by atoms with van der Waals surface area (Å²) in [7, 11) is 0. The van der Waals surface area contributed by atoms with Crippen molar-refractivity contribution in [1.29, 1.82) is 5.26 Å². The van der Waals surface area contributed by atoms with Crippen molar-refractivity contribution in [1.82, 2.24) is 9.97 Å². The second-order valence-corrected chi connectivity index (χ2v) is 5.82. The Kier molecular flexibility index (Phi) is 4.27. The summed E-state index contributed by atoms with van der Waals surface area (Å²) in [5, 5.41) is 8.80. The Bertz CT molecular complexity index is 801. The number of hydrogen-bond donors (Lipinski definition) is 0. The van der Waals surface area contributed by atoms with Gasteiger partial charge in [0.1, 0.15) is 0 Å². The molecule has 0 radical (unpaired) electrons. The van der Waals surface area contributed by atoms with Crippen LogP contribution in [0.4, 0.5) is 0 Å². The number of hydrogen-bond acceptors (Lipinski definition) is 3. The lowest BCUT2D eigenvalue weighted by Gasteiger charge is -2.04. The first-order valence-corrected chi connectivity index (χ1v) is 7.60. The van der Waals surface area contributed by atoms with Gasteiger partial charge >= 0.3 is 0 Å². The monoisotopic (exact) mass is 349 g/mol. The average molecular weight is 350 g/mol. The molecule has 22 heavy (non-hydrogen) atoms. The lowest BCUT2D eigenvalue weighted by molar-refractivity contribution is 1.08. The Morgan fingerprint density at radius 1 is 0.864 bits per heavy atom. The van der Waals surface area contributed by atoms with Crippen molar-refractivity contribution in [2.75, 3.05) is 0 Å². The third kappa shape index (κ3) is 3.38. The van der Waals surface area contributed by atoms with Gasteiger partial charge in [-0.05, 0) is 35.4 Å². The molecule has 3 nitrogen and oxygen atoms in total. The number of halogens is 1. The third-order valence-electron chi connectivity index (χ3n) is 3.30. The molecule has 1 heterocycles. The molecule has 0 unspecified atom stereocenters. The minimum Gasteiger partial charge on any atom is -0.236 e. The Morgan fingerprint density at radius 3 is 2.09 bits per heavy atom. The Morgan fingerprint density at radius 2 is 1.50 bits per heavy atom. The standard InChI is InChI=1S/C18H12BrN3/c19-17-7-5-16(6-8-17)18-21-11-15(12-22-18)9-13-1-3-14(10-20)4-2-13/h1-8,11-12H,9H2. The van der Waals surface area contributed by atoms with E-state index >= 15 is 0 Å². The van der Waals surface area contributed by atoms with Gasteiger partial charge in [0.25, 0.3) is 0 Å². The van der Waals surface area contributed by atoms with Crippen LogP contribution in [0.1, 0.15) is 16.7 Å². The van der Waals surface area contributed by atoms with Crippen molar-refractivity contribution in [2.24, 2.45) is 0 Å². The molecule has 0 atom stereocenters. The van der Waals surface area contributed by atoms with Crippen LogP contribution >= 0.6 is 15.9 Å². The van der Waals surface area contributed by atoms with E-state index in [0.29, 0.717) is 5.56 Å². The van der Waals surface area contributed by atoms with Crippen LogP contribution in [0.15, 0.2) is 65.4 Å². The molecule has 3 rings (SSSR count). The maximum absolute atomic E-state index is 8.80. The van der Waals surface area contributed by atoms with E-state index in [9.17, 15) is 0 Å². The molecule has 0 saturated heterocycles. The first-order valence-electron chi connectivity index (χ1n) is 6.80. The van der Waals surface area contributed by atoms with Crippen molar-refractivity contribution in [3.8, 4) is 17.5 Å². The van der Waals surface area contributed by atoms with Crippen molar-refractivity contribution in [2.45, 2.75) is 6.42 Å². The van der Waals surface area contributed by atoms with Crippen LogP contribution in [0.5, 0.6) is 0 Å². The number of aromatic nitrogens is 2. The van der Waals surface area contributed by atoms with Gasteiger partial charge in [0.15, 0.2) is 5.82 Å². The molecule has 0 spiro atoms. The van der Waals surface area contributed by atoms with E-state index < -0.39 is 0 Å². The average Bonchev–Trinajstić information content (AvgIpc) is 2.57. The second kappa shape index (κ2) is 6.50. The minimum absolute atomic E-state index is 0.672. The Balaban J connectivity index is 1.76. The van der Waals surface area contributed by atoms with Gasteiger partial charge in [-0.25, -0.2) is 9.97 Å². The van der Waals surface area contributed by atoms with Gasteiger partial charge in [-0.1, -0.05) is 40.2 Å². The Hall–Kier alpha value is -2.51. The number of nitrogens with zero attached hydrogens (tertiary/aromatic N) is 3. The molecule has 0 aliphatic heterocycles. The van der Waals surface area contributed by atoms with Gasteiger partial charge in [0.2, 0.25) is 0 Å². The molecular weight excluding hydrogens is 338 g/mol. The molecule has 106 valence electrons. The van der Waals surface area contributed by atoms with Crippen molar-refractivity contribution in [3.05, 3.63) is 82.1 Å². The second-order valence-electron chi connectivity index (χ2n) is 4.91. The third-order valence-corrected chi connectivity index (χ3v) is 3.83. The molecular formula is C18H12BrN3. The minimum atomic E-state index is 0.672. The van der Waals surface area contributed by atoms with E-state index in [1.807, 2.05) is 60.9 Å². The highest BCUT2D eigenvalue weighted by molar-refractivity contribution is 9.10. The molecule has 1 aromatic heterocycles. The predicted octanol–water partition coefficient (Wildman–Crippen LogP) is 4.37. The van der Waals surface area contributed by atoms with E-state index in [2.05, 4.69) is 32.0 Å². The van der Waals surface area contributed by atoms with Crippen LogP contribution < -0.4 is 0 Å². The van der Waals surface area contributed by atoms with Gasteiger partial charge in [-0.3, -0.25) is 0 Å². The molecule has 0 aliphatic rings. The number of nitriles is 1. The zero-order valence-corrected chi connectivity index (χ0v) is 13.3. The quantitative estimate of drug-likeness (QED) is 0.705. The topological polar surface area (TPSA) is 49.6 Å². The van der Waals surface area contributed by atoms with Crippen LogP contribution in [0, 0.1) is 11.3 Å². The fraction of sp³-hybridized carbons (Fsp3) is 0.0556. The largest absolute Gasteiger partial charge is 0.236 e. The summed E-state index contributed by atoms with van der Waals surface area (Å²) in [6.07, 6.45) is 4.46. The van der Waals surface area contributed by atoms with Crippen molar-refractivity contribution >= 4 is 15.9 Å². The highest BCUT2D eigenvalue weighted by Gasteiger charge is 2.03. The highest BCUT2D eigenvalue weighted by Crippen LogP contribution is 2.18. The summed E-state index contributed by atoms with van der Waals surface area (Å²) < 4.78 is 1.04. The van der Waals surface area contributed by atoms with Gasteiger partial charge in [-0.2, -0.15) is 5.26 Å². The SMILES string of the molecule is N#Cc1ccc(Cc2cnc(-c3ccc(Br)cc3)nc2)cc1. The molecule has 0 amide bonds. The molecule has 0 N–H and O–H groups in total. The van der Waals surface area contributed by atoms with Crippen LogP contribution in [0.25, 0.3) is 11.4 Å². The Labute approximate surface area is 137 Å². The summed E-state index contributed by atoms with van der Waals surface area (Å²) in [6, 6.07) is 17.6. The van der Waals surface area contributed by atoms with E-state index in [1.165, 1.54) is 0 Å². The van der Waals surface area contributed by atoms with Gasteiger partial charge in [0.05, 0.1) is 11.6 Å². The van der Waals surface area contributed by atoms with Gasteiger partial charge < -0.3 is 0 Å². The van der Waals surface area contributed by atoms with Crippen LogP contribution in [0.2, 0.25) is 0 Å². The summed E-state index contributed by atoms with van der Waals surface area (Å²) >= 11 is 3.42. The van der Waals surface area contributed by atoms with E-state index in [4.69, 9.17) is 5.26 Å². The van der Waals surface area contributed by atoms with Gasteiger partial charge in [0, 0.05) is 28.9 Å². The normalized spacial score (nSPS) is 10.2. The molecule has 4 heteroatoms. The maximum atomic E-state index is 8.80. The number of benzene rings is 2. The van der Waals surface area contributed by atoms with Crippen LogP contribution in [0.3, 0.4) is 0 Å². The summed E-state index contributed by atoms with van der Waals surface area (Å²) in [5.41, 5.74) is 3.85. The lowest BCUT2D eigenvalue weighted by Crippen LogP contribution is -1.94. The van der Waals surface area contributed by atoms with Gasteiger partial charge in [-0.15, -0.1) is 0 Å². The van der Waals surface area contributed by atoms with Crippen LogP contribution in [-0.2, 0) is 6.42 Å². The summed E-state index contributed by atoms with van der Waals surface area (Å²) in [4.78, 5) is 8.86. The molecule has 0 aliphatic carbocycles. The highest BCUT2D eigenvalue weighted by atomic mass is 79.9. The van der Waals surface area contributed by atoms with Crippen molar-refractivity contribution < 1.29 is 0 Å². The molecule has 0 fully saturated rings. The summed E-state index contributed by atoms with van der Waals surface area (Å²) in [6.45, 7) is 0. The van der Waals surface area contributed by atoms with Crippen LogP contribution in [-0.4, -0.2) is 9.97 Å². The van der Waals surface area contributed by atoms with E-state index in [-0.39, 0.29) is 0 Å². The molecule has 2 aromatic carbocycles. The fourth-order valence-electron chi connectivity index (χ4n) is 2.13. The zero-order chi connectivity index (χ0) is 15.4. The maximum Gasteiger partial charge on any atom is 0.159 e. The van der Waals surface area contributed by atoms with E-state index in [1.54, 1.807) is 0 Å². The first kappa shape index (κ1) is 14.4. The fourth-order valence-corrected chi connectivity index (χ4v) is 2.39. The zero-order valence-electron chi connectivity index (χ0n) is 11.7. The van der Waals surface area contributed by atoms with E-state index in [0.717, 1.165) is 33.4 Å². The lowest BCUT2D eigenvalue weighted by atomic mass is 10.1. The molecule has 0 saturated carbocycles. The van der Waals surface area contributed by atoms with Crippen molar-refractivity contribution in [3.63, 3.8) is 0 Å². The summed E-state index contributed by atoms with van der Waals surface area (Å²) in [5.74, 6) is 0.719. The molecule has 3 aromatic rings. The first-order chi connectivity index (χ1) is 10.7. The number of rotatable bonds is 3. The smallest absolute Gasteiger partial charge is 0.159 e. The molecule has 0 bridgehead atoms.